The summed E-state index contributed by atoms with van der Waals surface area (Å²) in [5, 5.41) is 4.36. The van der Waals surface area contributed by atoms with Crippen LogP contribution in [0.4, 0.5) is 0 Å². The van der Waals surface area contributed by atoms with Crippen molar-refractivity contribution in [2.24, 2.45) is 0 Å². The first-order chi connectivity index (χ1) is 11.8. The Morgan fingerprint density at radius 2 is 1.92 bits per heavy atom. The van der Waals surface area contributed by atoms with E-state index in [1.807, 2.05) is 24.3 Å². The number of hydrogen-bond acceptors (Lipinski definition) is 4. The number of hydrogen-bond donors (Lipinski definition) is 0. The first-order valence-corrected chi connectivity index (χ1v) is 11.7. The number of ether oxygens (including phenoxy) is 2. The number of aromatic nitrogens is 2. The van der Waals surface area contributed by atoms with Crippen molar-refractivity contribution in [1.29, 1.82) is 0 Å². The van der Waals surface area contributed by atoms with Crippen molar-refractivity contribution < 1.29 is 14.3 Å². The van der Waals surface area contributed by atoms with Crippen molar-refractivity contribution in [2.45, 2.75) is 33.1 Å². The van der Waals surface area contributed by atoms with Crippen LogP contribution in [0, 0.1) is 11.5 Å². The van der Waals surface area contributed by atoms with Crippen molar-refractivity contribution in [2.75, 3.05) is 13.7 Å². The zero-order valence-electron chi connectivity index (χ0n) is 15.4. The standard InChI is InChI=1S/C19H24N2O3Si/c1-6-24-19(22)17-13-20-21(18(17)11-12-25(3,4)5)14-15-7-9-16(23-2)10-8-15/h7-10,13H,6,14H2,1-5H3. The summed E-state index contributed by atoms with van der Waals surface area (Å²) in [7, 11) is 0.0493. The molecule has 0 radical (unpaired) electrons. The largest absolute Gasteiger partial charge is 0.497 e. The molecule has 132 valence electrons. The molecule has 0 saturated carbocycles. The molecule has 0 aliphatic rings. The highest BCUT2D eigenvalue weighted by Gasteiger charge is 2.18. The van der Waals surface area contributed by atoms with Gasteiger partial charge in [0.15, 0.2) is 0 Å². The number of methoxy groups -OCH3 is 1. The topological polar surface area (TPSA) is 53.3 Å². The fourth-order valence-corrected chi connectivity index (χ4v) is 2.64. The Morgan fingerprint density at radius 3 is 2.48 bits per heavy atom. The van der Waals surface area contributed by atoms with Crippen molar-refractivity contribution in [3.8, 4) is 17.2 Å². The highest BCUT2D eigenvalue weighted by Crippen LogP contribution is 2.15. The van der Waals surface area contributed by atoms with Gasteiger partial charge in [-0.15, -0.1) is 5.54 Å². The fraction of sp³-hybridized carbons (Fsp3) is 0.368. The Hall–Kier alpha value is -2.52. The van der Waals surface area contributed by atoms with Crippen LogP contribution in [0.25, 0.3) is 0 Å². The van der Waals surface area contributed by atoms with Crippen LogP contribution in [0.5, 0.6) is 5.75 Å². The molecule has 1 aromatic carbocycles. The summed E-state index contributed by atoms with van der Waals surface area (Å²) < 4.78 is 12.1. The molecule has 1 heterocycles. The lowest BCUT2D eigenvalue weighted by Gasteiger charge is -2.08. The normalized spacial score (nSPS) is 10.8. The average molecular weight is 356 g/mol. The highest BCUT2D eigenvalue weighted by atomic mass is 28.3. The van der Waals surface area contributed by atoms with Gasteiger partial charge in [0.2, 0.25) is 0 Å². The molecule has 0 amide bonds. The zero-order valence-corrected chi connectivity index (χ0v) is 16.4. The van der Waals surface area contributed by atoms with Gasteiger partial charge in [0.25, 0.3) is 0 Å². The fourth-order valence-electron chi connectivity index (χ4n) is 2.15. The van der Waals surface area contributed by atoms with Gasteiger partial charge in [-0.2, -0.15) is 5.10 Å². The minimum atomic E-state index is -1.59. The molecule has 0 aliphatic carbocycles. The van der Waals surface area contributed by atoms with Crippen molar-refractivity contribution in [3.63, 3.8) is 0 Å². The van der Waals surface area contributed by atoms with E-state index in [2.05, 4.69) is 36.2 Å². The predicted molar refractivity (Wildman–Crippen MR) is 101 cm³/mol. The van der Waals surface area contributed by atoms with E-state index in [1.165, 1.54) is 6.20 Å². The summed E-state index contributed by atoms with van der Waals surface area (Å²) in [6.45, 7) is 9.12. The summed E-state index contributed by atoms with van der Waals surface area (Å²) in [5.41, 5.74) is 5.38. The number of carbonyl (C=O) groups is 1. The van der Waals surface area contributed by atoms with Gasteiger partial charge in [0.05, 0.1) is 26.5 Å². The van der Waals surface area contributed by atoms with Gasteiger partial charge in [-0.25, -0.2) is 4.79 Å². The molecule has 25 heavy (non-hydrogen) atoms. The summed E-state index contributed by atoms with van der Waals surface area (Å²) in [6.07, 6.45) is 1.54. The van der Waals surface area contributed by atoms with Crippen LogP contribution in [0.3, 0.4) is 0 Å². The van der Waals surface area contributed by atoms with Crippen LogP contribution in [-0.2, 0) is 11.3 Å². The van der Waals surface area contributed by atoms with E-state index >= 15 is 0 Å². The summed E-state index contributed by atoms with van der Waals surface area (Å²) in [5.74, 6) is 3.59. The first-order valence-electron chi connectivity index (χ1n) is 8.23. The van der Waals surface area contributed by atoms with Gasteiger partial charge in [-0.3, -0.25) is 4.68 Å². The third kappa shape index (κ3) is 5.23. The molecule has 0 atom stereocenters. The second-order valence-electron chi connectivity index (χ2n) is 6.63. The van der Waals surface area contributed by atoms with Crippen LogP contribution in [0.2, 0.25) is 19.6 Å². The number of nitrogens with zero attached hydrogens (tertiary/aromatic N) is 2. The van der Waals surface area contributed by atoms with Crippen LogP contribution < -0.4 is 4.74 Å². The second-order valence-corrected chi connectivity index (χ2v) is 11.4. The third-order valence-corrected chi connectivity index (χ3v) is 4.26. The van der Waals surface area contributed by atoms with E-state index in [1.54, 1.807) is 18.7 Å². The Kier molecular flexibility index (Phi) is 6.05. The molecule has 2 aromatic rings. The van der Waals surface area contributed by atoms with E-state index in [9.17, 15) is 4.79 Å². The molecular formula is C19H24N2O3Si. The maximum absolute atomic E-state index is 12.2. The van der Waals surface area contributed by atoms with Gasteiger partial charge in [0, 0.05) is 0 Å². The molecule has 2 rings (SSSR count). The lowest BCUT2D eigenvalue weighted by atomic mass is 10.2. The number of carbonyl (C=O) groups excluding carboxylic acids is 1. The molecule has 0 unspecified atom stereocenters. The molecular weight excluding hydrogens is 332 g/mol. The third-order valence-electron chi connectivity index (χ3n) is 3.38. The Labute approximate surface area is 150 Å². The van der Waals surface area contributed by atoms with Gasteiger partial charge in [-0.1, -0.05) is 37.7 Å². The van der Waals surface area contributed by atoms with Crippen LogP contribution in [0.1, 0.15) is 28.5 Å². The van der Waals surface area contributed by atoms with Gasteiger partial charge >= 0.3 is 5.97 Å². The summed E-state index contributed by atoms with van der Waals surface area (Å²) in [6, 6.07) is 7.75. The maximum atomic E-state index is 12.2. The molecule has 0 spiro atoms. The average Bonchev–Trinajstić information content (AvgIpc) is 2.96. The van der Waals surface area contributed by atoms with E-state index in [0.717, 1.165) is 11.3 Å². The summed E-state index contributed by atoms with van der Waals surface area (Å²) in [4.78, 5) is 12.2. The molecule has 0 saturated heterocycles. The lowest BCUT2D eigenvalue weighted by molar-refractivity contribution is 0.0526. The van der Waals surface area contributed by atoms with Gasteiger partial charge < -0.3 is 9.47 Å². The highest BCUT2D eigenvalue weighted by molar-refractivity contribution is 6.83. The van der Waals surface area contributed by atoms with Gasteiger partial charge in [0.1, 0.15) is 25.1 Å². The van der Waals surface area contributed by atoms with Gasteiger partial charge in [-0.05, 0) is 24.6 Å². The zero-order chi connectivity index (χ0) is 18.4. The quantitative estimate of drug-likeness (QED) is 0.468. The van der Waals surface area contributed by atoms with Crippen molar-refractivity contribution >= 4 is 14.0 Å². The Balaban J connectivity index is 2.38. The summed E-state index contributed by atoms with van der Waals surface area (Å²) >= 11 is 0. The van der Waals surface area contributed by atoms with Crippen LogP contribution in [0.15, 0.2) is 30.5 Å². The van der Waals surface area contributed by atoms with Crippen LogP contribution >= 0.6 is 0 Å². The number of benzene rings is 1. The molecule has 0 N–H and O–H groups in total. The maximum Gasteiger partial charge on any atom is 0.342 e. The number of esters is 1. The van der Waals surface area contributed by atoms with E-state index in [-0.39, 0.29) is 5.97 Å². The number of rotatable bonds is 5. The first kappa shape index (κ1) is 18.8. The Bertz CT molecular complexity index is 793. The van der Waals surface area contributed by atoms with Crippen molar-refractivity contribution in [1.82, 2.24) is 9.78 Å². The predicted octanol–water partition coefficient (Wildman–Crippen LogP) is 3.35. The van der Waals surface area contributed by atoms with E-state index < -0.39 is 8.07 Å². The minimum absolute atomic E-state index is 0.323. The molecule has 6 heteroatoms. The molecule has 0 bridgehead atoms. The Morgan fingerprint density at radius 1 is 1.24 bits per heavy atom. The minimum Gasteiger partial charge on any atom is -0.497 e. The van der Waals surface area contributed by atoms with E-state index in [0.29, 0.717) is 24.4 Å². The van der Waals surface area contributed by atoms with Crippen molar-refractivity contribution in [3.05, 3.63) is 47.3 Å². The molecule has 1 aromatic heterocycles. The molecule has 0 aliphatic heterocycles. The molecule has 0 fully saturated rings. The SMILES string of the molecule is CCOC(=O)c1cnn(Cc2ccc(OC)cc2)c1C#C[Si](C)(C)C. The second kappa shape index (κ2) is 8.04. The smallest absolute Gasteiger partial charge is 0.342 e. The van der Waals surface area contributed by atoms with E-state index in [4.69, 9.17) is 9.47 Å². The van der Waals surface area contributed by atoms with Crippen LogP contribution in [-0.4, -0.2) is 37.5 Å². The monoisotopic (exact) mass is 356 g/mol. The lowest BCUT2D eigenvalue weighted by Crippen LogP contribution is -2.17. The molecule has 5 nitrogen and oxygen atoms in total.